The first-order valence-electron chi connectivity index (χ1n) is 12.0. The fourth-order valence-corrected chi connectivity index (χ4v) is 5.14. The molecule has 3 aromatic carbocycles. The number of hydrogen-bond acceptors (Lipinski definition) is 5. The molecule has 2 unspecified atom stereocenters. The zero-order valence-corrected chi connectivity index (χ0v) is 20.2. The van der Waals surface area contributed by atoms with Crippen LogP contribution in [-0.4, -0.2) is 47.4 Å². The summed E-state index contributed by atoms with van der Waals surface area (Å²) < 4.78 is 11.8. The average Bonchev–Trinajstić information content (AvgIpc) is 3.31. The van der Waals surface area contributed by atoms with Gasteiger partial charge in [0.2, 0.25) is 0 Å². The predicted octanol–water partition coefficient (Wildman–Crippen LogP) is 6.07. The maximum Gasteiger partial charge on any atom is 0.140 e. The normalized spacial score (nSPS) is 18.3. The van der Waals surface area contributed by atoms with Gasteiger partial charge in [-0.3, -0.25) is 4.98 Å². The second-order valence-electron chi connectivity index (χ2n) is 9.22. The Balaban J connectivity index is 1.39. The van der Waals surface area contributed by atoms with Crippen molar-refractivity contribution in [2.45, 2.75) is 26.1 Å². The van der Waals surface area contributed by atoms with Crippen LogP contribution in [0.1, 0.15) is 13.8 Å². The Kier molecular flexibility index (Phi) is 5.38. The molecule has 1 aliphatic rings. The quantitative estimate of drug-likeness (QED) is 0.350. The molecular formula is C29H28N4O2. The summed E-state index contributed by atoms with van der Waals surface area (Å²) in [5.41, 5.74) is 7.00. The molecule has 6 heteroatoms. The number of pyridine rings is 1. The second kappa shape index (κ2) is 8.71. The summed E-state index contributed by atoms with van der Waals surface area (Å²) in [6.45, 7) is 6.05. The number of hydrogen-bond donors (Lipinski definition) is 1. The Labute approximate surface area is 204 Å². The lowest BCUT2D eigenvalue weighted by Gasteiger charge is -2.36. The number of rotatable bonds is 4. The van der Waals surface area contributed by atoms with Crippen LogP contribution in [0.5, 0.6) is 5.75 Å². The number of imidazole rings is 1. The Morgan fingerprint density at radius 3 is 2.43 bits per heavy atom. The Morgan fingerprint density at radius 1 is 0.914 bits per heavy atom. The second-order valence-corrected chi connectivity index (χ2v) is 9.22. The molecule has 1 fully saturated rings. The number of nitrogens with zero attached hydrogens (tertiary/aromatic N) is 3. The average molecular weight is 465 g/mol. The number of H-pyrrole nitrogens is 1. The Morgan fingerprint density at radius 2 is 1.69 bits per heavy atom. The van der Waals surface area contributed by atoms with Crippen molar-refractivity contribution in [2.24, 2.45) is 0 Å². The standard InChI is InChI=1S/C29H28N4O2/c1-18-16-33(17-19(2)35-18)21-13-11-20(12-14-21)24-15-30-27-22(28(24)34-3)7-6-8-23(27)29-31-25-9-4-5-10-26(25)32-29/h4-15,18-19H,16-17H2,1-3H3,(H,31,32). The highest BCUT2D eigenvalue weighted by Crippen LogP contribution is 2.39. The van der Waals surface area contributed by atoms with Gasteiger partial charge in [-0.2, -0.15) is 0 Å². The summed E-state index contributed by atoms with van der Waals surface area (Å²) >= 11 is 0. The number of morpholine rings is 1. The van der Waals surface area contributed by atoms with Crippen molar-refractivity contribution < 1.29 is 9.47 Å². The molecule has 6 rings (SSSR count). The summed E-state index contributed by atoms with van der Waals surface area (Å²) in [4.78, 5) is 15.5. The summed E-state index contributed by atoms with van der Waals surface area (Å²) in [5, 5.41) is 0.961. The molecular weight excluding hydrogens is 436 g/mol. The van der Waals surface area contributed by atoms with Gasteiger partial charge in [0.1, 0.15) is 11.6 Å². The van der Waals surface area contributed by atoms with Gasteiger partial charge in [-0.15, -0.1) is 0 Å². The number of benzene rings is 3. The Hall–Kier alpha value is -3.90. The molecule has 0 aliphatic carbocycles. The number of aromatic amines is 1. The minimum Gasteiger partial charge on any atom is -0.495 e. The number of aromatic nitrogens is 3. The molecule has 1 aliphatic heterocycles. The third kappa shape index (κ3) is 3.90. The van der Waals surface area contributed by atoms with Crippen molar-refractivity contribution in [3.8, 4) is 28.3 Å². The molecule has 0 spiro atoms. The summed E-state index contributed by atoms with van der Waals surface area (Å²) in [6, 6.07) is 22.8. The highest BCUT2D eigenvalue weighted by Gasteiger charge is 2.22. The number of ether oxygens (including phenoxy) is 2. The fraction of sp³-hybridized carbons (Fsp3) is 0.241. The van der Waals surface area contributed by atoms with Gasteiger partial charge in [-0.1, -0.05) is 30.3 Å². The molecule has 1 saturated heterocycles. The van der Waals surface area contributed by atoms with E-state index in [2.05, 4.69) is 54.1 Å². The number of methoxy groups -OCH3 is 1. The topological polar surface area (TPSA) is 63.3 Å². The third-order valence-corrected chi connectivity index (χ3v) is 6.66. The molecule has 0 bridgehead atoms. The van der Waals surface area contributed by atoms with Crippen molar-refractivity contribution in [3.05, 3.63) is 72.9 Å². The predicted molar refractivity (Wildman–Crippen MR) is 141 cm³/mol. The molecule has 176 valence electrons. The SMILES string of the molecule is COc1c(-c2ccc(N3CC(C)OC(C)C3)cc2)cnc2c(-c3nc4ccccc4[nH]3)cccc12. The molecule has 0 amide bonds. The van der Waals surface area contributed by atoms with Crippen LogP contribution in [0.15, 0.2) is 72.9 Å². The van der Waals surface area contributed by atoms with Gasteiger partial charge in [0.05, 0.1) is 35.9 Å². The monoisotopic (exact) mass is 464 g/mol. The van der Waals surface area contributed by atoms with Crippen LogP contribution in [0.3, 0.4) is 0 Å². The van der Waals surface area contributed by atoms with E-state index in [-0.39, 0.29) is 12.2 Å². The van der Waals surface area contributed by atoms with Crippen molar-refractivity contribution >= 4 is 27.6 Å². The lowest BCUT2D eigenvalue weighted by atomic mass is 10.0. The molecule has 6 nitrogen and oxygen atoms in total. The van der Waals surface area contributed by atoms with E-state index >= 15 is 0 Å². The lowest BCUT2D eigenvalue weighted by molar-refractivity contribution is -0.00521. The van der Waals surface area contributed by atoms with Crippen LogP contribution in [0.4, 0.5) is 5.69 Å². The Bertz CT molecular complexity index is 1470. The van der Waals surface area contributed by atoms with Crippen LogP contribution in [0.2, 0.25) is 0 Å². The van der Waals surface area contributed by atoms with Crippen molar-refractivity contribution in [2.75, 3.05) is 25.1 Å². The van der Waals surface area contributed by atoms with Crippen LogP contribution in [0, 0.1) is 0 Å². The molecule has 1 N–H and O–H groups in total. The van der Waals surface area contributed by atoms with Gasteiger partial charge >= 0.3 is 0 Å². The molecule has 0 radical (unpaired) electrons. The number of anilines is 1. The van der Waals surface area contributed by atoms with Crippen molar-refractivity contribution in [1.29, 1.82) is 0 Å². The van der Waals surface area contributed by atoms with Gasteiger partial charge in [0, 0.05) is 41.5 Å². The fourth-order valence-electron chi connectivity index (χ4n) is 5.14. The van der Waals surface area contributed by atoms with Crippen LogP contribution in [0.25, 0.3) is 44.5 Å². The van der Waals surface area contributed by atoms with Gasteiger partial charge in [0.15, 0.2) is 0 Å². The minimum atomic E-state index is 0.226. The van der Waals surface area contributed by atoms with E-state index < -0.39 is 0 Å². The molecule has 5 aromatic rings. The zero-order valence-electron chi connectivity index (χ0n) is 20.2. The van der Waals surface area contributed by atoms with Gasteiger partial charge in [-0.25, -0.2) is 4.98 Å². The molecule has 2 aromatic heterocycles. The highest BCUT2D eigenvalue weighted by molar-refractivity contribution is 6.00. The number of nitrogens with one attached hydrogen (secondary N) is 1. The van der Waals surface area contributed by atoms with Gasteiger partial charge in [-0.05, 0) is 55.8 Å². The molecule has 35 heavy (non-hydrogen) atoms. The summed E-state index contributed by atoms with van der Waals surface area (Å²) in [5.74, 6) is 1.62. The summed E-state index contributed by atoms with van der Waals surface area (Å²) in [7, 11) is 1.72. The van der Waals surface area contributed by atoms with E-state index in [0.717, 1.165) is 63.3 Å². The van der Waals surface area contributed by atoms with Gasteiger partial charge in [0.25, 0.3) is 0 Å². The first-order chi connectivity index (χ1) is 17.1. The van der Waals surface area contributed by atoms with Crippen LogP contribution in [-0.2, 0) is 4.74 Å². The van der Waals surface area contributed by atoms with Crippen molar-refractivity contribution in [1.82, 2.24) is 15.0 Å². The maximum atomic E-state index is 5.94. The maximum absolute atomic E-state index is 5.94. The lowest BCUT2D eigenvalue weighted by Crippen LogP contribution is -2.45. The van der Waals surface area contributed by atoms with E-state index in [1.807, 2.05) is 42.6 Å². The van der Waals surface area contributed by atoms with E-state index in [1.54, 1.807) is 7.11 Å². The third-order valence-electron chi connectivity index (χ3n) is 6.66. The van der Waals surface area contributed by atoms with Crippen LogP contribution < -0.4 is 9.64 Å². The first-order valence-corrected chi connectivity index (χ1v) is 12.0. The highest BCUT2D eigenvalue weighted by atomic mass is 16.5. The smallest absolute Gasteiger partial charge is 0.140 e. The minimum absolute atomic E-state index is 0.226. The van der Waals surface area contributed by atoms with Gasteiger partial charge < -0.3 is 19.4 Å². The van der Waals surface area contributed by atoms with E-state index in [4.69, 9.17) is 19.4 Å². The first kappa shape index (κ1) is 21.6. The number of fused-ring (bicyclic) bond motifs is 2. The van der Waals surface area contributed by atoms with Crippen molar-refractivity contribution in [3.63, 3.8) is 0 Å². The van der Waals surface area contributed by atoms with E-state index in [1.165, 1.54) is 5.69 Å². The molecule has 3 heterocycles. The van der Waals surface area contributed by atoms with E-state index in [9.17, 15) is 0 Å². The van der Waals surface area contributed by atoms with Crippen LogP contribution >= 0.6 is 0 Å². The molecule has 2 atom stereocenters. The zero-order chi connectivity index (χ0) is 23.9. The number of para-hydroxylation sites is 3. The summed E-state index contributed by atoms with van der Waals surface area (Å²) in [6.07, 6.45) is 2.36. The molecule has 0 saturated carbocycles. The van der Waals surface area contributed by atoms with E-state index in [0.29, 0.717) is 0 Å². The largest absolute Gasteiger partial charge is 0.495 e.